The maximum atomic E-state index is 13.5. The van der Waals surface area contributed by atoms with E-state index in [1.165, 1.54) is 0 Å². The van der Waals surface area contributed by atoms with E-state index in [-0.39, 0.29) is 6.42 Å². The molecule has 1 saturated carbocycles. The van der Waals surface area contributed by atoms with E-state index in [1.807, 2.05) is 0 Å². The SMILES string of the molecule is NC(=O)[C@@](N)(Cc1ccc2c(c1)OCCO2)C(=O)C1(c2ccc(Cl)cc2Cl)CC1. The molecule has 0 radical (unpaired) electrons. The van der Waals surface area contributed by atoms with E-state index in [2.05, 4.69) is 0 Å². The van der Waals surface area contributed by atoms with Crippen molar-refractivity contribution in [3.05, 3.63) is 57.6 Å². The normalized spacial score (nSPS) is 18.6. The van der Waals surface area contributed by atoms with Gasteiger partial charge < -0.3 is 20.9 Å². The van der Waals surface area contributed by atoms with Crippen molar-refractivity contribution in [2.24, 2.45) is 11.5 Å². The molecule has 0 saturated heterocycles. The second-order valence-corrected chi connectivity index (χ2v) is 8.37. The van der Waals surface area contributed by atoms with Crippen molar-refractivity contribution in [2.45, 2.75) is 30.2 Å². The molecule has 0 unspecified atom stereocenters. The topological polar surface area (TPSA) is 105 Å². The first kappa shape index (κ1) is 20.0. The summed E-state index contributed by atoms with van der Waals surface area (Å²) in [4.78, 5) is 25.9. The van der Waals surface area contributed by atoms with E-state index in [4.69, 9.17) is 44.1 Å². The first-order valence-electron chi connectivity index (χ1n) is 9.24. The Bertz CT molecular complexity index is 1010. The quantitative estimate of drug-likeness (QED) is 0.679. The highest BCUT2D eigenvalue weighted by Crippen LogP contribution is 2.53. The Morgan fingerprint density at radius 1 is 1.03 bits per heavy atom. The molecule has 1 heterocycles. The van der Waals surface area contributed by atoms with Gasteiger partial charge in [-0.15, -0.1) is 0 Å². The molecule has 1 amide bonds. The maximum Gasteiger partial charge on any atom is 0.245 e. The number of benzene rings is 2. The van der Waals surface area contributed by atoms with E-state index in [9.17, 15) is 9.59 Å². The Morgan fingerprint density at radius 2 is 1.72 bits per heavy atom. The molecule has 0 bridgehead atoms. The largest absolute Gasteiger partial charge is 0.486 e. The van der Waals surface area contributed by atoms with E-state index in [1.54, 1.807) is 36.4 Å². The number of hydrogen-bond donors (Lipinski definition) is 2. The van der Waals surface area contributed by atoms with Gasteiger partial charge in [-0.1, -0.05) is 35.3 Å². The highest BCUT2D eigenvalue weighted by atomic mass is 35.5. The van der Waals surface area contributed by atoms with Crippen LogP contribution in [0.3, 0.4) is 0 Å². The second-order valence-electron chi connectivity index (χ2n) is 7.53. The predicted octanol–water partition coefficient (Wildman–Crippen LogP) is 2.79. The number of carbonyl (C=O) groups is 2. The van der Waals surface area contributed by atoms with E-state index in [0.717, 1.165) is 0 Å². The van der Waals surface area contributed by atoms with Crippen LogP contribution in [0.4, 0.5) is 0 Å². The van der Waals surface area contributed by atoms with E-state index in [0.29, 0.717) is 58.7 Å². The first-order valence-corrected chi connectivity index (χ1v) is 10.00. The van der Waals surface area contributed by atoms with Gasteiger partial charge in [0.1, 0.15) is 13.2 Å². The highest BCUT2D eigenvalue weighted by Gasteiger charge is 2.59. The lowest BCUT2D eigenvalue weighted by atomic mass is 9.76. The molecule has 2 aliphatic rings. The Morgan fingerprint density at radius 3 is 2.34 bits per heavy atom. The molecule has 0 spiro atoms. The minimum Gasteiger partial charge on any atom is -0.486 e. The molecule has 1 atom stereocenters. The number of ether oxygens (including phenoxy) is 2. The van der Waals surface area contributed by atoms with Gasteiger partial charge in [0.2, 0.25) is 5.91 Å². The summed E-state index contributed by atoms with van der Waals surface area (Å²) < 4.78 is 11.1. The van der Waals surface area contributed by atoms with Crippen LogP contribution >= 0.6 is 23.2 Å². The molecule has 8 heteroatoms. The molecule has 1 aliphatic heterocycles. The zero-order valence-corrected chi connectivity index (χ0v) is 17.1. The lowest BCUT2D eigenvalue weighted by Crippen LogP contribution is -2.62. The van der Waals surface area contributed by atoms with Gasteiger partial charge in [-0.3, -0.25) is 9.59 Å². The highest BCUT2D eigenvalue weighted by molar-refractivity contribution is 6.35. The number of hydrogen-bond acceptors (Lipinski definition) is 5. The van der Waals surface area contributed by atoms with Crippen LogP contribution in [0.2, 0.25) is 10.0 Å². The van der Waals surface area contributed by atoms with Crippen LogP contribution in [0.25, 0.3) is 0 Å². The number of halogens is 2. The van der Waals surface area contributed by atoms with Crippen LogP contribution in [-0.2, 0) is 21.4 Å². The molecule has 4 rings (SSSR count). The van der Waals surface area contributed by atoms with E-state index >= 15 is 0 Å². The van der Waals surface area contributed by atoms with Crippen LogP contribution in [0.1, 0.15) is 24.0 Å². The molecule has 6 nitrogen and oxygen atoms in total. The maximum absolute atomic E-state index is 13.5. The van der Waals surface area contributed by atoms with Crippen molar-refractivity contribution in [3.8, 4) is 11.5 Å². The minimum atomic E-state index is -1.89. The van der Waals surface area contributed by atoms with Gasteiger partial charge in [0.05, 0.1) is 5.41 Å². The molecule has 1 aliphatic carbocycles. The summed E-state index contributed by atoms with van der Waals surface area (Å²) in [5.41, 5.74) is 10.5. The molecular weight excluding hydrogens is 415 g/mol. The van der Waals surface area contributed by atoms with E-state index < -0.39 is 22.6 Å². The lowest BCUT2D eigenvalue weighted by molar-refractivity contribution is -0.135. The van der Waals surface area contributed by atoms with Gasteiger partial charge in [0.25, 0.3) is 0 Å². The number of amides is 1. The zero-order chi connectivity index (χ0) is 20.8. The number of rotatable bonds is 6. The van der Waals surface area contributed by atoms with Crippen molar-refractivity contribution in [1.82, 2.24) is 0 Å². The first-order chi connectivity index (χ1) is 13.8. The second kappa shape index (κ2) is 7.20. The minimum absolute atomic E-state index is 0.0508. The smallest absolute Gasteiger partial charge is 0.245 e. The van der Waals surface area contributed by atoms with Gasteiger partial charge in [0, 0.05) is 16.5 Å². The third-order valence-electron chi connectivity index (χ3n) is 5.57. The lowest BCUT2D eigenvalue weighted by Gasteiger charge is -2.30. The van der Waals surface area contributed by atoms with Crippen LogP contribution in [0.15, 0.2) is 36.4 Å². The van der Waals surface area contributed by atoms with Gasteiger partial charge in [0.15, 0.2) is 22.8 Å². The van der Waals surface area contributed by atoms with Crippen molar-refractivity contribution < 1.29 is 19.1 Å². The zero-order valence-electron chi connectivity index (χ0n) is 15.5. The fourth-order valence-corrected chi connectivity index (χ4v) is 4.44. The van der Waals surface area contributed by atoms with Gasteiger partial charge in [-0.05, 0) is 48.2 Å². The molecule has 2 aromatic carbocycles. The molecule has 0 aromatic heterocycles. The van der Waals surface area contributed by atoms with Crippen molar-refractivity contribution in [2.75, 3.05) is 13.2 Å². The fraction of sp³-hybridized carbons (Fsp3) is 0.333. The number of ketones is 1. The van der Waals surface area contributed by atoms with Crippen molar-refractivity contribution in [3.63, 3.8) is 0 Å². The van der Waals surface area contributed by atoms with Gasteiger partial charge in [-0.25, -0.2) is 0 Å². The average molecular weight is 435 g/mol. The van der Waals surface area contributed by atoms with Crippen LogP contribution in [-0.4, -0.2) is 30.4 Å². The van der Waals surface area contributed by atoms with Crippen LogP contribution < -0.4 is 20.9 Å². The third kappa shape index (κ3) is 3.45. The number of primary amides is 1. The molecule has 152 valence electrons. The Kier molecular flexibility index (Phi) is 4.97. The third-order valence-corrected chi connectivity index (χ3v) is 6.11. The Hall–Kier alpha value is -2.28. The number of carbonyl (C=O) groups excluding carboxylic acids is 2. The summed E-state index contributed by atoms with van der Waals surface area (Å²) >= 11 is 12.3. The Labute approximate surface area is 178 Å². The summed E-state index contributed by atoms with van der Waals surface area (Å²) in [7, 11) is 0. The molecule has 4 N–H and O–H groups in total. The molecule has 29 heavy (non-hydrogen) atoms. The summed E-state index contributed by atoms with van der Waals surface area (Å²) in [6.45, 7) is 0.897. The molecule has 1 fully saturated rings. The summed E-state index contributed by atoms with van der Waals surface area (Å²) in [6, 6.07) is 10.2. The van der Waals surface area contributed by atoms with Gasteiger partial charge >= 0.3 is 0 Å². The average Bonchev–Trinajstić information content (AvgIpc) is 3.48. The van der Waals surface area contributed by atoms with Gasteiger partial charge in [-0.2, -0.15) is 0 Å². The number of Topliss-reactive ketones (excluding diaryl/α,β-unsaturated/α-hetero) is 1. The summed E-state index contributed by atoms with van der Waals surface area (Å²) in [5, 5.41) is 0.835. The predicted molar refractivity (Wildman–Crippen MR) is 110 cm³/mol. The number of fused-ring (bicyclic) bond motifs is 1. The summed E-state index contributed by atoms with van der Waals surface area (Å²) in [6.07, 6.45) is 1.03. The fourth-order valence-electron chi connectivity index (χ4n) is 3.85. The Balaban J connectivity index is 1.68. The number of nitrogens with two attached hydrogens (primary N) is 2. The molecule has 2 aromatic rings. The van der Waals surface area contributed by atoms with Crippen LogP contribution in [0.5, 0.6) is 11.5 Å². The van der Waals surface area contributed by atoms with Crippen molar-refractivity contribution >= 4 is 34.9 Å². The van der Waals surface area contributed by atoms with Crippen molar-refractivity contribution in [1.29, 1.82) is 0 Å². The molecular formula is C21H20Cl2N2O4. The monoisotopic (exact) mass is 434 g/mol. The standard InChI is InChI=1S/C21H20Cl2N2O4/c22-13-2-3-14(15(23)10-13)20(5-6-20)18(26)21(25,19(24)27)11-12-1-4-16-17(9-12)29-8-7-28-16/h1-4,9-10H,5-8,11,25H2,(H2,24,27)/t21-/m1/s1. The van der Waals surface area contributed by atoms with Crippen LogP contribution in [0, 0.1) is 0 Å². The summed E-state index contributed by atoms with van der Waals surface area (Å²) in [5.74, 6) is -0.153.